The van der Waals surface area contributed by atoms with Gasteiger partial charge in [-0.05, 0) is 46.3 Å². The molecule has 3 rings (SSSR count). The molecule has 0 radical (unpaired) electrons. The molecule has 96 valence electrons. The number of phenolic OH excluding ortho intramolecular Hbond substituents is 1. The fraction of sp³-hybridized carbons (Fsp3) is 0.0667. The molecule has 0 saturated carbocycles. The monoisotopic (exact) mass is 316 g/mol. The van der Waals surface area contributed by atoms with E-state index in [0.717, 1.165) is 16.8 Å². The number of hydrogen-bond donors (Lipinski definition) is 3. The molecule has 1 heterocycles. The van der Waals surface area contributed by atoms with Gasteiger partial charge in [-0.25, -0.2) is 0 Å². The van der Waals surface area contributed by atoms with E-state index in [2.05, 4.69) is 32.3 Å². The summed E-state index contributed by atoms with van der Waals surface area (Å²) in [5.41, 5.74) is 3.02. The van der Waals surface area contributed by atoms with Crippen LogP contribution in [0.1, 0.15) is 5.56 Å². The number of nitrogens with one attached hydrogen (secondary N) is 2. The molecule has 19 heavy (non-hydrogen) atoms. The molecule has 1 aromatic heterocycles. The number of benzene rings is 2. The molecule has 2 aromatic carbocycles. The Balaban J connectivity index is 1.80. The van der Waals surface area contributed by atoms with Crippen LogP contribution in [0.15, 0.2) is 53.1 Å². The lowest BCUT2D eigenvalue weighted by Crippen LogP contribution is -1.99. The van der Waals surface area contributed by atoms with Crippen molar-refractivity contribution in [2.45, 2.75) is 6.54 Å². The second-order valence-electron chi connectivity index (χ2n) is 4.38. The predicted octanol–water partition coefficient (Wildman–Crippen LogP) is 4.25. The Bertz CT molecular complexity index is 721. The lowest BCUT2D eigenvalue weighted by atomic mass is 10.2. The van der Waals surface area contributed by atoms with Crippen LogP contribution in [0.5, 0.6) is 5.75 Å². The van der Waals surface area contributed by atoms with Gasteiger partial charge >= 0.3 is 0 Å². The highest BCUT2D eigenvalue weighted by Crippen LogP contribution is 2.28. The van der Waals surface area contributed by atoms with Crippen LogP contribution in [0.4, 0.5) is 5.69 Å². The maximum atomic E-state index is 9.92. The second kappa shape index (κ2) is 4.97. The van der Waals surface area contributed by atoms with E-state index < -0.39 is 0 Å². The molecule has 0 bridgehead atoms. The minimum Gasteiger partial charge on any atom is -0.506 e. The maximum absolute atomic E-state index is 9.92. The van der Waals surface area contributed by atoms with Gasteiger partial charge in [0.1, 0.15) is 5.75 Å². The van der Waals surface area contributed by atoms with E-state index in [1.165, 1.54) is 5.39 Å². The summed E-state index contributed by atoms with van der Waals surface area (Å²) >= 11 is 3.32. The Morgan fingerprint density at radius 3 is 2.95 bits per heavy atom. The fourth-order valence-electron chi connectivity index (χ4n) is 2.06. The second-order valence-corrected chi connectivity index (χ2v) is 5.24. The topological polar surface area (TPSA) is 48.0 Å². The molecule has 0 aliphatic carbocycles. The number of aromatic hydroxyl groups is 1. The average Bonchev–Trinajstić information content (AvgIpc) is 2.88. The highest BCUT2D eigenvalue weighted by Gasteiger charge is 2.04. The number of hydrogen-bond acceptors (Lipinski definition) is 2. The molecule has 0 unspecified atom stereocenters. The van der Waals surface area contributed by atoms with Gasteiger partial charge in [-0.2, -0.15) is 0 Å². The number of H-pyrrole nitrogens is 1. The molecular weight excluding hydrogens is 304 g/mol. The van der Waals surface area contributed by atoms with E-state index in [4.69, 9.17) is 0 Å². The first-order valence-electron chi connectivity index (χ1n) is 6.01. The summed E-state index contributed by atoms with van der Waals surface area (Å²) in [7, 11) is 0. The largest absolute Gasteiger partial charge is 0.506 e. The van der Waals surface area contributed by atoms with Crippen molar-refractivity contribution in [1.29, 1.82) is 0 Å². The van der Waals surface area contributed by atoms with E-state index in [9.17, 15) is 5.11 Å². The van der Waals surface area contributed by atoms with Gasteiger partial charge < -0.3 is 15.4 Å². The molecular formula is C15H13BrN2O. The van der Waals surface area contributed by atoms with Crippen molar-refractivity contribution in [3.05, 3.63) is 58.7 Å². The van der Waals surface area contributed by atoms with Crippen molar-refractivity contribution in [2.75, 3.05) is 5.32 Å². The zero-order valence-electron chi connectivity index (χ0n) is 10.2. The predicted molar refractivity (Wildman–Crippen MR) is 81.4 cm³/mol. The van der Waals surface area contributed by atoms with Crippen LogP contribution in [-0.2, 0) is 6.54 Å². The normalized spacial score (nSPS) is 10.8. The summed E-state index contributed by atoms with van der Waals surface area (Å²) in [6.07, 6.45) is 1.93. The van der Waals surface area contributed by atoms with Crippen LogP contribution >= 0.6 is 15.9 Å². The van der Waals surface area contributed by atoms with Crippen molar-refractivity contribution >= 4 is 32.5 Å². The Hall–Kier alpha value is -1.94. The third-order valence-electron chi connectivity index (χ3n) is 3.11. The number of aromatic amines is 1. The van der Waals surface area contributed by atoms with Crippen molar-refractivity contribution in [3.8, 4) is 5.75 Å². The molecule has 0 aliphatic heterocycles. The summed E-state index contributed by atoms with van der Waals surface area (Å²) in [4.78, 5) is 3.16. The number of para-hydroxylation sites is 1. The molecule has 0 saturated heterocycles. The SMILES string of the molecule is Oc1c(Br)cccc1CNc1ccc2[nH]ccc2c1. The summed E-state index contributed by atoms with van der Waals surface area (Å²) < 4.78 is 0.716. The number of rotatable bonds is 3. The standard InChI is InChI=1S/C15H13BrN2O/c16-13-3-1-2-11(15(13)19)9-18-12-4-5-14-10(8-12)6-7-17-14/h1-8,17-19H,9H2. The third-order valence-corrected chi connectivity index (χ3v) is 3.75. The average molecular weight is 317 g/mol. The van der Waals surface area contributed by atoms with Gasteiger partial charge in [0.15, 0.2) is 0 Å². The first-order valence-corrected chi connectivity index (χ1v) is 6.81. The van der Waals surface area contributed by atoms with Crippen LogP contribution in [0, 0.1) is 0 Å². The van der Waals surface area contributed by atoms with E-state index >= 15 is 0 Å². The lowest BCUT2D eigenvalue weighted by molar-refractivity contribution is 0.465. The van der Waals surface area contributed by atoms with E-state index in [0.29, 0.717) is 11.0 Å². The molecule has 0 amide bonds. The smallest absolute Gasteiger partial charge is 0.134 e. The maximum Gasteiger partial charge on any atom is 0.134 e. The number of phenols is 1. The number of fused-ring (bicyclic) bond motifs is 1. The number of aromatic nitrogens is 1. The van der Waals surface area contributed by atoms with Gasteiger partial charge in [0.25, 0.3) is 0 Å². The first kappa shape index (κ1) is 12.1. The highest BCUT2D eigenvalue weighted by molar-refractivity contribution is 9.10. The summed E-state index contributed by atoms with van der Waals surface area (Å²) in [5.74, 6) is 0.290. The van der Waals surface area contributed by atoms with Crippen molar-refractivity contribution in [3.63, 3.8) is 0 Å². The van der Waals surface area contributed by atoms with Gasteiger partial charge in [0.05, 0.1) is 4.47 Å². The Kier molecular flexibility index (Phi) is 3.17. The molecule has 3 aromatic rings. The Labute approximate surface area is 119 Å². The van der Waals surface area contributed by atoms with Gasteiger partial charge in [-0.3, -0.25) is 0 Å². The molecule has 4 heteroatoms. The van der Waals surface area contributed by atoms with Crippen LogP contribution in [-0.4, -0.2) is 10.1 Å². The zero-order valence-corrected chi connectivity index (χ0v) is 11.7. The molecule has 0 spiro atoms. The first-order chi connectivity index (χ1) is 9.24. The molecule has 0 fully saturated rings. The van der Waals surface area contributed by atoms with Crippen molar-refractivity contribution in [2.24, 2.45) is 0 Å². The quantitative estimate of drug-likeness (QED) is 0.676. The number of halogens is 1. The van der Waals surface area contributed by atoms with E-state index in [-0.39, 0.29) is 5.75 Å². The van der Waals surface area contributed by atoms with Gasteiger partial charge in [-0.1, -0.05) is 12.1 Å². The summed E-state index contributed by atoms with van der Waals surface area (Å²) in [5, 5.41) is 14.4. The van der Waals surface area contributed by atoms with E-state index in [1.54, 1.807) is 0 Å². The minimum atomic E-state index is 0.290. The van der Waals surface area contributed by atoms with Crippen molar-refractivity contribution < 1.29 is 5.11 Å². The number of anilines is 1. The molecule has 0 atom stereocenters. The van der Waals surface area contributed by atoms with Gasteiger partial charge in [0.2, 0.25) is 0 Å². The van der Waals surface area contributed by atoms with Crippen LogP contribution < -0.4 is 5.32 Å². The highest BCUT2D eigenvalue weighted by atomic mass is 79.9. The Morgan fingerprint density at radius 1 is 1.16 bits per heavy atom. The van der Waals surface area contributed by atoms with Gasteiger partial charge in [0, 0.05) is 34.9 Å². The van der Waals surface area contributed by atoms with E-state index in [1.807, 2.05) is 42.6 Å². The van der Waals surface area contributed by atoms with Crippen LogP contribution in [0.3, 0.4) is 0 Å². The Morgan fingerprint density at radius 2 is 2.05 bits per heavy atom. The molecule has 3 nitrogen and oxygen atoms in total. The summed E-state index contributed by atoms with van der Waals surface area (Å²) in [6, 6.07) is 13.8. The van der Waals surface area contributed by atoms with Crippen LogP contribution in [0.2, 0.25) is 0 Å². The van der Waals surface area contributed by atoms with Crippen LogP contribution in [0.25, 0.3) is 10.9 Å². The minimum absolute atomic E-state index is 0.290. The fourth-order valence-corrected chi connectivity index (χ4v) is 2.47. The van der Waals surface area contributed by atoms with Gasteiger partial charge in [-0.15, -0.1) is 0 Å². The molecule has 0 aliphatic rings. The molecule has 3 N–H and O–H groups in total. The lowest BCUT2D eigenvalue weighted by Gasteiger charge is -2.09. The third kappa shape index (κ3) is 2.44. The summed E-state index contributed by atoms with van der Waals surface area (Å²) in [6.45, 7) is 0.585. The van der Waals surface area contributed by atoms with Crippen molar-refractivity contribution in [1.82, 2.24) is 4.98 Å². The zero-order chi connectivity index (χ0) is 13.2.